The summed E-state index contributed by atoms with van der Waals surface area (Å²) in [6.45, 7) is 5.13. The molecule has 0 unspecified atom stereocenters. The standard InChI is InChI=1S/C19H20F3N5O/c1-11-8-16(19(21)22)25-26(11)10-17(28)23-18-12(2)24-27(13(18)3)9-14-6-4-5-7-15(14)20/h4-8,19H,9-10H2,1-3H3,(H,23,28). The van der Waals surface area contributed by atoms with Gasteiger partial charge in [-0.2, -0.15) is 10.2 Å². The van der Waals surface area contributed by atoms with E-state index < -0.39 is 12.3 Å². The number of nitrogens with one attached hydrogen (secondary N) is 1. The van der Waals surface area contributed by atoms with Crippen molar-refractivity contribution < 1.29 is 18.0 Å². The molecule has 3 rings (SSSR count). The molecule has 6 nitrogen and oxygen atoms in total. The van der Waals surface area contributed by atoms with Crippen LogP contribution in [0.3, 0.4) is 0 Å². The van der Waals surface area contributed by atoms with E-state index in [4.69, 9.17) is 0 Å². The molecule has 1 amide bonds. The highest BCUT2D eigenvalue weighted by molar-refractivity contribution is 5.91. The predicted octanol–water partition coefficient (Wildman–Crippen LogP) is 3.77. The first kappa shape index (κ1) is 19.7. The van der Waals surface area contributed by atoms with Crippen molar-refractivity contribution in [2.45, 2.75) is 40.3 Å². The molecular weight excluding hydrogens is 371 g/mol. The molecule has 148 valence electrons. The fourth-order valence-electron chi connectivity index (χ4n) is 2.94. The largest absolute Gasteiger partial charge is 0.321 e. The van der Waals surface area contributed by atoms with Crippen molar-refractivity contribution in [3.8, 4) is 0 Å². The van der Waals surface area contributed by atoms with Gasteiger partial charge in [0.2, 0.25) is 5.91 Å². The van der Waals surface area contributed by atoms with Gasteiger partial charge in [0.1, 0.15) is 18.1 Å². The summed E-state index contributed by atoms with van der Waals surface area (Å²) in [5, 5.41) is 10.9. The maximum absolute atomic E-state index is 13.9. The van der Waals surface area contributed by atoms with Crippen LogP contribution in [0.1, 0.15) is 34.8 Å². The number of rotatable bonds is 6. The van der Waals surface area contributed by atoms with E-state index in [0.29, 0.717) is 28.3 Å². The minimum atomic E-state index is -2.69. The van der Waals surface area contributed by atoms with E-state index in [2.05, 4.69) is 15.5 Å². The molecule has 0 spiro atoms. The number of aromatic nitrogens is 4. The Morgan fingerprint density at radius 3 is 2.50 bits per heavy atom. The second-order valence-corrected chi connectivity index (χ2v) is 6.51. The fraction of sp³-hybridized carbons (Fsp3) is 0.316. The highest BCUT2D eigenvalue weighted by atomic mass is 19.3. The van der Waals surface area contributed by atoms with E-state index in [1.807, 2.05) is 0 Å². The monoisotopic (exact) mass is 391 g/mol. The van der Waals surface area contributed by atoms with Gasteiger partial charge in [-0.25, -0.2) is 13.2 Å². The topological polar surface area (TPSA) is 64.7 Å². The molecule has 1 aromatic carbocycles. The number of carbonyl (C=O) groups excluding carboxylic acids is 1. The maximum Gasteiger partial charge on any atom is 0.282 e. The van der Waals surface area contributed by atoms with Crippen molar-refractivity contribution in [2.24, 2.45) is 0 Å². The second-order valence-electron chi connectivity index (χ2n) is 6.51. The molecule has 0 fully saturated rings. The van der Waals surface area contributed by atoms with Crippen LogP contribution in [0, 0.1) is 26.6 Å². The number of hydrogen-bond acceptors (Lipinski definition) is 3. The Bertz CT molecular complexity index is 1010. The summed E-state index contributed by atoms with van der Waals surface area (Å²) in [4.78, 5) is 12.4. The first-order valence-corrected chi connectivity index (χ1v) is 8.66. The van der Waals surface area contributed by atoms with Gasteiger partial charge >= 0.3 is 0 Å². The SMILES string of the molecule is Cc1nn(Cc2ccccc2F)c(C)c1NC(=O)Cn1nc(C(F)F)cc1C. The molecule has 0 atom stereocenters. The zero-order valence-corrected chi connectivity index (χ0v) is 15.7. The van der Waals surface area contributed by atoms with Gasteiger partial charge in [0.25, 0.3) is 6.43 Å². The summed E-state index contributed by atoms with van der Waals surface area (Å²) in [7, 11) is 0. The van der Waals surface area contributed by atoms with Gasteiger partial charge in [0, 0.05) is 11.3 Å². The predicted molar refractivity (Wildman–Crippen MR) is 97.8 cm³/mol. The van der Waals surface area contributed by atoms with Gasteiger partial charge in [0.05, 0.1) is 23.6 Å². The molecule has 0 saturated carbocycles. The lowest BCUT2D eigenvalue weighted by Gasteiger charge is -2.09. The average molecular weight is 391 g/mol. The van der Waals surface area contributed by atoms with Gasteiger partial charge in [0.15, 0.2) is 0 Å². The molecule has 0 aliphatic rings. The molecular formula is C19H20F3N5O. The molecule has 0 aliphatic heterocycles. The van der Waals surface area contributed by atoms with Crippen LogP contribution in [0.4, 0.5) is 18.9 Å². The number of amides is 1. The maximum atomic E-state index is 13.9. The summed E-state index contributed by atoms with van der Waals surface area (Å²) < 4.78 is 42.2. The van der Waals surface area contributed by atoms with Crippen LogP contribution >= 0.6 is 0 Å². The molecule has 1 N–H and O–H groups in total. The van der Waals surface area contributed by atoms with Crippen molar-refractivity contribution in [2.75, 3.05) is 5.32 Å². The molecule has 3 aromatic rings. The molecule has 0 aliphatic carbocycles. The van der Waals surface area contributed by atoms with Crippen molar-refractivity contribution >= 4 is 11.6 Å². The summed E-state index contributed by atoms with van der Waals surface area (Å²) >= 11 is 0. The average Bonchev–Trinajstić information content (AvgIpc) is 3.12. The van der Waals surface area contributed by atoms with Crippen LogP contribution in [0.5, 0.6) is 0 Å². The van der Waals surface area contributed by atoms with Crippen molar-refractivity contribution in [1.29, 1.82) is 0 Å². The lowest BCUT2D eigenvalue weighted by atomic mass is 10.2. The minimum absolute atomic E-state index is 0.198. The van der Waals surface area contributed by atoms with Crippen LogP contribution in [0.15, 0.2) is 30.3 Å². The van der Waals surface area contributed by atoms with Crippen LogP contribution < -0.4 is 5.32 Å². The first-order valence-electron chi connectivity index (χ1n) is 8.66. The molecule has 28 heavy (non-hydrogen) atoms. The number of carbonyl (C=O) groups is 1. The third-order valence-electron chi connectivity index (χ3n) is 4.44. The summed E-state index contributed by atoms with van der Waals surface area (Å²) in [5.41, 5.74) is 2.34. The number of nitrogens with zero attached hydrogens (tertiary/aromatic N) is 4. The van der Waals surface area contributed by atoms with Gasteiger partial charge in [-0.15, -0.1) is 0 Å². The lowest BCUT2D eigenvalue weighted by Crippen LogP contribution is -2.21. The number of halogens is 3. The van der Waals surface area contributed by atoms with E-state index in [1.54, 1.807) is 43.7 Å². The van der Waals surface area contributed by atoms with Crippen LogP contribution in [-0.2, 0) is 17.9 Å². The zero-order chi connectivity index (χ0) is 20.4. The molecule has 0 radical (unpaired) electrons. The second kappa shape index (κ2) is 7.87. The first-order chi connectivity index (χ1) is 13.3. The fourth-order valence-corrected chi connectivity index (χ4v) is 2.94. The molecule has 0 saturated heterocycles. The van der Waals surface area contributed by atoms with Crippen LogP contribution in [0.2, 0.25) is 0 Å². The minimum Gasteiger partial charge on any atom is -0.321 e. The Hall–Kier alpha value is -3.10. The summed E-state index contributed by atoms with van der Waals surface area (Å²) in [6, 6.07) is 7.66. The van der Waals surface area contributed by atoms with Gasteiger partial charge in [-0.05, 0) is 32.9 Å². The Kier molecular flexibility index (Phi) is 5.53. The van der Waals surface area contributed by atoms with Gasteiger partial charge in [-0.1, -0.05) is 18.2 Å². The Balaban J connectivity index is 1.75. The quantitative estimate of drug-likeness (QED) is 0.696. The highest BCUT2D eigenvalue weighted by Gasteiger charge is 2.18. The molecule has 2 aromatic heterocycles. The normalized spacial score (nSPS) is 11.2. The molecule has 2 heterocycles. The van der Waals surface area contributed by atoms with Gasteiger partial charge in [-0.3, -0.25) is 14.2 Å². The van der Waals surface area contributed by atoms with Crippen molar-refractivity contribution in [3.05, 3.63) is 64.5 Å². The van der Waals surface area contributed by atoms with Crippen molar-refractivity contribution in [3.63, 3.8) is 0 Å². The molecule has 0 bridgehead atoms. The van der Waals surface area contributed by atoms with Crippen LogP contribution in [0.25, 0.3) is 0 Å². The summed E-state index contributed by atoms with van der Waals surface area (Å²) in [6.07, 6.45) is -2.69. The van der Waals surface area contributed by atoms with E-state index in [1.165, 1.54) is 16.8 Å². The highest BCUT2D eigenvalue weighted by Crippen LogP contribution is 2.22. The number of hydrogen-bond donors (Lipinski definition) is 1. The lowest BCUT2D eigenvalue weighted by molar-refractivity contribution is -0.117. The van der Waals surface area contributed by atoms with Crippen molar-refractivity contribution in [1.82, 2.24) is 19.6 Å². The van der Waals surface area contributed by atoms with E-state index in [-0.39, 0.29) is 24.6 Å². The third-order valence-corrected chi connectivity index (χ3v) is 4.44. The number of benzene rings is 1. The van der Waals surface area contributed by atoms with E-state index >= 15 is 0 Å². The van der Waals surface area contributed by atoms with Gasteiger partial charge < -0.3 is 5.32 Å². The Morgan fingerprint density at radius 2 is 1.86 bits per heavy atom. The third kappa shape index (κ3) is 4.08. The number of alkyl halides is 2. The summed E-state index contributed by atoms with van der Waals surface area (Å²) in [5.74, 6) is -0.742. The molecule has 9 heteroatoms. The number of anilines is 1. The Labute approximate surface area is 160 Å². The van der Waals surface area contributed by atoms with E-state index in [0.717, 1.165) is 0 Å². The Morgan fingerprint density at radius 1 is 1.14 bits per heavy atom. The smallest absolute Gasteiger partial charge is 0.282 e. The number of aryl methyl sites for hydroxylation is 2. The zero-order valence-electron chi connectivity index (χ0n) is 15.7. The van der Waals surface area contributed by atoms with E-state index in [9.17, 15) is 18.0 Å². The van der Waals surface area contributed by atoms with Crippen LogP contribution in [-0.4, -0.2) is 25.5 Å².